The summed E-state index contributed by atoms with van der Waals surface area (Å²) >= 11 is 0. The van der Waals surface area contributed by atoms with Gasteiger partial charge in [0.05, 0.1) is 0 Å². The molecule has 0 unspecified atom stereocenters. The third kappa shape index (κ3) is 2.71. The zero-order valence-electron chi connectivity index (χ0n) is 7.93. The third-order valence-electron chi connectivity index (χ3n) is 2.03. The first kappa shape index (κ1) is 11.6. The summed E-state index contributed by atoms with van der Waals surface area (Å²) in [4.78, 5) is 10.2. The smallest absolute Gasteiger partial charge is 0.374 e. The van der Waals surface area contributed by atoms with E-state index in [2.05, 4.69) is 0 Å². The lowest BCUT2D eigenvalue weighted by Crippen LogP contribution is -2.30. The van der Waals surface area contributed by atoms with Gasteiger partial charge in [-0.15, -0.1) is 0 Å². The molecule has 15 heavy (non-hydrogen) atoms. The molecule has 0 bridgehead atoms. The summed E-state index contributed by atoms with van der Waals surface area (Å²) in [5.74, 6) is -6.52. The lowest BCUT2D eigenvalue weighted by Gasteiger charge is -2.12. The second kappa shape index (κ2) is 3.92. The van der Waals surface area contributed by atoms with E-state index in [1.807, 2.05) is 0 Å². The predicted octanol–water partition coefficient (Wildman–Crippen LogP) is 2.40. The SMILES string of the molecule is Cc1cc(F)ccc1CC(F)(F)C(=O)O. The molecule has 1 aromatic rings. The van der Waals surface area contributed by atoms with Crippen molar-refractivity contribution in [3.05, 3.63) is 35.1 Å². The van der Waals surface area contributed by atoms with Gasteiger partial charge < -0.3 is 5.11 Å². The second-order valence-corrected chi connectivity index (χ2v) is 3.26. The standard InChI is InChI=1S/C10H9F3O2/c1-6-4-8(11)3-2-7(6)5-10(12,13)9(14)15/h2-4H,5H2,1H3,(H,14,15). The number of carbonyl (C=O) groups is 1. The Morgan fingerprint density at radius 3 is 2.53 bits per heavy atom. The van der Waals surface area contributed by atoms with Gasteiger partial charge in [-0.05, 0) is 30.2 Å². The molecule has 0 aliphatic carbocycles. The van der Waals surface area contributed by atoms with Crippen LogP contribution in [0, 0.1) is 12.7 Å². The Balaban J connectivity index is 2.95. The first-order chi connectivity index (χ1) is 6.83. The van der Waals surface area contributed by atoms with Gasteiger partial charge in [0.15, 0.2) is 0 Å². The molecule has 5 heteroatoms. The Morgan fingerprint density at radius 2 is 2.07 bits per heavy atom. The van der Waals surface area contributed by atoms with Gasteiger partial charge in [-0.2, -0.15) is 8.78 Å². The molecular formula is C10H9F3O2. The molecule has 0 saturated carbocycles. The number of hydrogen-bond acceptors (Lipinski definition) is 1. The summed E-state index contributed by atoms with van der Waals surface area (Å²) in [6, 6.07) is 3.29. The number of aliphatic carboxylic acids is 1. The summed E-state index contributed by atoms with van der Waals surface area (Å²) < 4.78 is 38.3. The summed E-state index contributed by atoms with van der Waals surface area (Å²) in [6.07, 6.45) is -0.922. The Bertz CT molecular complexity index is 388. The maximum atomic E-state index is 12.8. The van der Waals surface area contributed by atoms with Gasteiger partial charge in [-0.25, -0.2) is 9.18 Å². The zero-order chi connectivity index (χ0) is 11.6. The summed E-state index contributed by atoms with van der Waals surface area (Å²) in [7, 11) is 0. The number of halogens is 3. The van der Waals surface area contributed by atoms with Crippen molar-refractivity contribution >= 4 is 5.97 Å². The van der Waals surface area contributed by atoms with E-state index in [1.165, 1.54) is 13.0 Å². The number of carboxylic acid groups (broad SMARTS) is 1. The van der Waals surface area contributed by atoms with E-state index in [0.717, 1.165) is 12.1 Å². The van der Waals surface area contributed by atoms with E-state index in [1.54, 1.807) is 0 Å². The van der Waals surface area contributed by atoms with Crippen LogP contribution in [-0.2, 0) is 11.2 Å². The number of rotatable bonds is 3. The van der Waals surface area contributed by atoms with E-state index in [0.29, 0.717) is 5.56 Å². The van der Waals surface area contributed by atoms with Crippen LogP contribution >= 0.6 is 0 Å². The molecule has 0 radical (unpaired) electrons. The quantitative estimate of drug-likeness (QED) is 0.845. The fourth-order valence-electron chi connectivity index (χ4n) is 1.17. The van der Waals surface area contributed by atoms with Crippen molar-refractivity contribution in [2.24, 2.45) is 0 Å². The molecule has 0 amide bonds. The molecule has 0 atom stereocenters. The number of aryl methyl sites for hydroxylation is 1. The molecule has 0 aliphatic heterocycles. The minimum atomic E-state index is -3.82. The van der Waals surface area contributed by atoms with Crippen LogP contribution in [-0.4, -0.2) is 17.0 Å². The van der Waals surface area contributed by atoms with Crippen LogP contribution in [0.1, 0.15) is 11.1 Å². The number of benzene rings is 1. The Morgan fingerprint density at radius 1 is 1.47 bits per heavy atom. The second-order valence-electron chi connectivity index (χ2n) is 3.26. The minimum absolute atomic E-state index is 0.129. The van der Waals surface area contributed by atoms with Gasteiger partial charge in [0.2, 0.25) is 0 Å². The molecule has 0 heterocycles. The van der Waals surface area contributed by atoms with Gasteiger partial charge in [-0.3, -0.25) is 0 Å². The first-order valence-corrected chi connectivity index (χ1v) is 4.19. The predicted molar refractivity (Wildman–Crippen MR) is 47.4 cm³/mol. The molecule has 82 valence electrons. The van der Waals surface area contributed by atoms with E-state index >= 15 is 0 Å². The molecular weight excluding hydrogens is 209 g/mol. The molecule has 2 nitrogen and oxygen atoms in total. The van der Waals surface area contributed by atoms with Crippen LogP contribution in [0.5, 0.6) is 0 Å². The van der Waals surface area contributed by atoms with Crippen LogP contribution < -0.4 is 0 Å². The van der Waals surface area contributed by atoms with E-state index in [-0.39, 0.29) is 5.56 Å². The van der Waals surface area contributed by atoms with Crippen LogP contribution in [0.4, 0.5) is 13.2 Å². The van der Waals surface area contributed by atoms with E-state index in [4.69, 9.17) is 5.11 Å². The Hall–Kier alpha value is -1.52. The van der Waals surface area contributed by atoms with Crippen LogP contribution in [0.2, 0.25) is 0 Å². The fourth-order valence-corrected chi connectivity index (χ4v) is 1.17. The van der Waals surface area contributed by atoms with Crippen LogP contribution in [0.25, 0.3) is 0 Å². The normalized spacial score (nSPS) is 11.5. The maximum Gasteiger partial charge on any atom is 0.374 e. The van der Waals surface area contributed by atoms with E-state index < -0.39 is 24.1 Å². The average molecular weight is 218 g/mol. The highest BCUT2D eigenvalue weighted by Crippen LogP contribution is 2.22. The summed E-state index contributed by atoms with van der Waals surface area (Å²) in [6.45, 7) is 1.45. The Kier molecular flexibility index (Phi) is 3.02. The lowest BCUT2D eigenvalue weighted by molar-refractivity contribution is -0.164. The average Bonchev–Trinajstić information content (AvgIpc) is 2.09. The number of alkyl halides is 2. The largest absolute Gasteiger partial charge is 0.477 e. The lowest BCUT2D eigenvalue weighted by atomic mass is 10.0. The van der Waals surface area contributed by atoms with Crippen LogP contribution in [0.3, 0.4) is 0 Å². The number of carboxylic acids is 1. The Labute approximate surface area is 84.3 Å². The highest BCUT2D eigenvalue weighted by Gasteiger charge is 2.39. The van der Waals surface area contributed by atoms with E-state index in [9.17, 15) is 18.0 Å². The molecule has 0 saturated heterocycles. The fraction of sp³-hybridized carbons (Fsp3) is 0.300. The summed E-state index contributed by atoms with van der Waals surface area (Å²) in [5.41, 5.74) is 0.444. The van der Waals surface area contributed by atoms with Crippen molar-refractivity contribution in [3.8, 4) is 0 Å². The molecule has 0 aliphatic rings. The molecule has 0 fully saturated rings. The minimum Gasteiger partial charge on any atom is -0.477 e. The van der Waals surface area contributed by atoms with Gasteiger partial charge in [0, 0.05) is 6.42 Å². The van der Waals surface area contributed by atoms with Crippen molar-refractivity contribution in [1.29, 1.82) is 0 Å². The third-order valence-corrected chi connectivity index (χ3v) is 2.03. The van der Waals surface area contributed by atoms with Crippen LogP contribution in [0.15, 0.2) is 18.2 Å². The van der Waals surface area contributed by atoms with Crippen molar-refractivity contribution in [2.45, 2.75) is 19.3 Å². The van der Waals surface area contributed by atoms with Crippen molar-refractivity contribution in [2.75, 3.05) is 0 Å². The molecule has 0 aromatic heterocycles. The molecule has 1 aromatic carbocycles. The topological polar surface area (TPSA) is 37.3 Å². The van der Waals surface area contributed by atoms with Gasteiger partial charge in [0.25, 0.3) is 0 Å². The van der Waals surface area contributed by atoms with Gasteiger partial charge >= 0.3 is 11.9 Å². The maximum absolute atomic E-state index is 12.8. The highest BCUT2D eigenvalue weighted by atomic mass is 19.3. The monoisotopic (exact) mass is 218 g/mol. The molecule has 1 rings (SSSR count). The summed E-state index contributed by atoms with van der Waals surface area (Å²) in [5, 5.41) is 8.22. The zero-order valence-corrected chi connectivity index (χ0v) is 7.93. The van der Waals surface area contributed by atoms with Crippen molar-refractivity contribution in [1.82, 2.24) is 0 Å². The molecule has 0 spiro atoms. The van der Waals surface area contributed by atoms with Gasteiger partial charge in [-0.1, -0.05) is 6.07 Å². The van der Waals surface area contributed by atoms with Gasteiger partial charge in [0.1, 0.15) is 5.82 Å². The molecule has 1 N–H and O–H groups in total. The highest BCUT2D eigenvalue weighted by molar-refractivity contribution is 5.75. The van der Waals surface area contributed by atoms with Crippen molar-refractivity contribution in [3.63, 3.8) is 0 Å². The first-order valence-electron chi connectivity index (χ1n) is 4.19. The number of hydrogen-bond donors (Lipinski definition) is 1. The van der Waals surface area contributed by atoms with Crippen molar-refractivity contribution < 1.29 is 23.1 Å².